The molecule has 2 N–H and O–H groups in total. The molecule has 3 nitrogen and oxygen atoms in total. The third kappa shape index (κ3) is 5.08. The summed E-state index contributed by atoms with van der Waals surface area (Å²) >= 11 is 6.00. The van der Waals surface area contributed by atoms with Crippen LogP contribution >= 0.6 is 11.6 Å². The van der Waals surface area contributed by atoms with Crippen molar-refractivity contribution in [3.63, 3.8) is 0 Å². The molecule has 0 bridgehead atoms. The maximum absolute atomic E-state index is 12.2. The highest BCUT2D eigenvalue weighted by atomic mass is 35.5. The van der Waals surface area contributed by atoms with Crippen molar-refractivity contribution in [2.45, 2.75) is 32.7 Å². The monoisotopic (exact) mass is 330 g/mol. The molecule has 2 aromatic carbocycles. The molecule has 0 fully saturated rings. The van der Waals surface area contributed by atoms with Gasteiger partial charge in [0, 0.05) is 16.8 Å². The fourth-order valence-electron chi connectivity index (χ4n) is 2.45. The van der Waals surface area contributed by atoms with Gasteiger partial charge in [-0.25, -0.2) is 0 Å². The Morgan fingerprint density at radius 3 is 2.52 bits per heavy atom. The van der Waals surface area contributed by atoms with Crippen LogP contribution in [0.5, 0.6) is 0 Å². The molecule has 0 aliphatic carbocycles. The van der Waals surface area contributed by atoms with Crippen LogP contribution in [-0.2, 0) is 4.79 Å². The Labute approximate surface area is 143 Å². The van der Waals surface area contributed by atoms with Crippen LogP contribution < -0.4 is 10.6 Å². The van der Waals surface area contributed by atoms with Crippen LogP contribution in [0, 0.1) is 0 Å². The molecule has 0 aliphatic rings. The maximum Gasteiger partial charge on any atom is 0.238 e. The van der Waals surface area contributed by atoms with Crippen LogP contribution in [0.3, 0.4) is 0 Å². The van der Waals surface area contributed by atoms with E-state index in [0.29, 0.717) is 10.9 Å². The van der Waals surface area contributed by atoms with E-state index in [1.807, 2.05) is 55.5 Å². The fraction of sp³-hybridized carbons (Fsp3) is 0.316. The van der Waals surface area contributed by atoms with Gasteiger partial charge < -0.3 is 10.6 Å². The Morgan fingerprint density at radius 1 is 1.09 bits per heavy atom. The van der Waals surface area contributed by atoms with Gasteiger partial charge in [-0.1, -0.05) is 55.8 Å². The number of amides is 1. The molecule has 1 amide bonds. The van der Waals surface area contributed by atoms with Gasteiger partial charge in [0.25, 0.3) is 0 Å². The number of para-hydroxylation sites is 1. The average Bonchev–Trinajstić information content (AvgIpc) is 2.53. The molecule has 4 heteroatoms. The van der Waals surface area contributed by atoms with Crippen molar-refractivity contribution in [1.29, 1.82) is 0 Å². The van der Waals surface area contributed by atoms with E-state index in [2.05, 4.69) is 24.5 Å². The molecule has 122 valence electrons. The van der Waals surface area contributed by atoms with E-state index in [1.165, 1.54) is 0 Å². The van der Waals surface area contributed by atoms with Crippen molar-refractivity contribution in [2.24, 2.45) is 0 Å². The van der Waals surface area contributed by atoms with Crippen LogP contribution in [0.25, 0.3) is 0 Å². The lowest BCUT2D eigenvalue weighted by Gasteiger charge is -2.16. The highest BCUT2D eigenvalue weighted by Gasteiger charge is 2.11. The van der Waals surface area contributed by atoms with Crippen molar-refractivity contribution in [1.82, 2.24) is 5.32 Å². The zero-order valence-corrected chi connectivity index (χ0v) is 14.5. The molecule has 0 heterocycles. The van der Waals surface area contributed by atoms with Gasteiger partial charge in [-0.2, -0.15) is 0 Å². The predicted octanol–water partition coefficient (Wildman–Crippen LogP) is 4.75. The second-order valence-corrected chi connectivity index (χ2v) is 6.38. The lowest BCUT2D eigenvalue weighted by Crippen LogP contribution is -2.30. The number of benzene rings is 2. The van der Waals surface area contributed by atoms with Crippen molar-refractivity contribution >= 4 is 23.2 Å². The van der Waals surface area contributed by atoms with Crippen LogP contribution in [0.15, 0.2) is 48.5 Å². The molecule has 0 saturated heterocycles. The van der Waals surface area contributed by atoms with Crippen molar-refractivity contribution in [3.05, 3.63) is 64.7 Å². The summed E-state index contributed by atoms with van der Waals surface area (Å²) in [7, 11) is 0. The van der Waals surface area contributed by atoms with E-state index in [1.54, 1.807) is 0 Å². The highest BCUT2D eigenvalue weighted by Crippen LogP contribution is 2.23. The summed E-state index contributed by atoms with van der Waals surface area (Å²) in [6.45, 7) is 6.50. The molecule has 0 spiro atoms. The van der Waals surface area contributed by atoms with E-state index >= 15 is 0 Å². The molecule has 0 radical (unpaired) electrons. The minimum atomic E-state index is -0.0491. The summed E-state index contributed by atoms with van der Waals surface area (Å²) in [5, 5.41) is 6.91. The third-order valence-corrected chi connectivity index (χ3v) is 4.01. The Balaban J connectivity index is 1.93. The zero-order valence-electron chi connectivity index (χ0n) is 13.8. The zero-order chi connectivity index (χ0) is 16.8. The lowest BCUT2D eigenvalue weighted by atomic mass is 10.0. The first-order chi connectivity index (χ1) is 11.0. The normalized spacial score (nSPS) is 12.2. The Kier molecular flexibility index (Phi) is 6.20. The first kappa shape index (κ1) is 17.5. The number of nitrogens with one attached hydrogen (secondary N) is 2. The third-order valence-electron chi connectivity index (χ3n) is 3.77. The topological polar surface area (TPSA) is 41.1 Å². The standard InChI is InChI=1S/C19H23ClN2O/c1-13(2)17-9-4-5-10-18(17)22-19(23)12-21-14(3)15-7-6-8-16(20)11-15/h4-11,13-14,21H,12H2,1-3H3,(H,22,23)/t14-/m0/s1. The van der Waals surface area contributed by atoms with Crippen LogP contribution in [0.2, 0.25) is 5.02 Å². The van der Waals surface area contributed by atoms with Crippen molar-refractivity contribution in [2.75, 3.05) is 11.9 Å². The van der Waals surface area contributed by atoms with E-state index in [0.717, 1.165) is 16.8 Å². The molecular weight excluding hydrogens is 308 g/mol. The number of hydrogen-bond donors (Lipinski definition) is 2. The number of rotatable bonds is 6. The summed E-state index contributed by atoms with van der Waals surface area (Å²) in [4.78, 5) is 12.2. The summed E-state index contributed by atoms with van der Waals surface area (Å²) < 4.78 is 0. The minimum Gasteiger partial charge on any atom is -0.325 e. The van der Waals surface area contributed by atoms with Crippen LogP contribution in [0.1, 0.15) is 43.9 Å². The maximum atomic E-state index is 12.2. The SMILES string of the molecule is CC(C)c1ccccc1NC(=O)CN[C@@H](C)c1cccc(Cl)c1. The molecule has 1 atom stereocenters. The first-order valence-electron chi connectivity index (χ1n) is 7.85. The summed E-state index contributed by atoms with van der Waals surface area (Å²) in [6.07, 6.45) is 0. The molecule has 0 saturated carbocycles. The first-order valence-corrected chi connectivity index (χ1v) is 8.22. The Hall–Kier alpha value is -1.84. The molecule has 0 aliphatic heterocycles. The number of carbonyl (C=O) groups is 1. The quantitative estimate of drug-likeness (QED) is 0.802. The summed E-state index contributed by atoms with van der Waals surface area (Å²) in [5.41, 5.74) is 3.08. The van der Waals surface area contributed by atoms with Gasteiger partial charge in [0.2, 0.25) is 5.91 Å². The summed E-state index contributed by atoms with van der Waals surface area (Å²) in [6, 6.07) is 15.6. The van der Waals surface area contributed by atoms with E-state index < -0.39 is 0 Å². The second-order valence-electron chi connectivity index (χ2n) is 5.95. The molecule has 2 aromatic rings. The van der Waals surface area contributed by atoms with Crippen LogP contribution in [-0.4, -0.2) is 12.5 Å². The van der Waals surface area contributed by atoms with Gasteiger partial charge in [-0.3, -0.25) is 4.79 Å². The van der Waals surface area contributed by atoms with Crippen molar-refractivity contribution < 1.29 is 4.79 Å². The van der Waals surface area contributed by atoms with Gasteiger partial charge in [0.15, 0.2) is 0 Å². The molecule has 23 heavy (non-hydrogen) atoms. The van der Waals surface area contributed by atoms with Crippen molar-refractivity contribution in [3.8, 4) is 0 Å². The van der Waals surface area contributed by atoms with Gasteiger partial charge in [-0.15, -0.1) is 0 Å². The van der Waals surface area contributed by atoms with Gasteiger partial charge in [0.1, 0.15) is 0 Å². The second kappa shape index (κ2) is 8.14. The number of hydrogen-bond acceptors (Lipinski definition) is 2. The summed E-state index contributed by atoms with van der Waals surface area (Å²) in [5.74, 6) is 0.317. The number of halogens is 1. The van der Waals surface area contributed by atoms with Gasteiger partial charge >= 0.3 is 0 Å². The van der Waals surface area contributed by atoms with E-state index in [-0.39, 0.29) is 18.5 Å². The smallest absolute Gasteiger partial charge is 0.238 e. The predicted molar refractivity (Wildman–Crippen MR) is 97.0 cm³/mol. The Morgan fingerprint density at radius 2 is 1.83 bits per heavy atom. The minimum absolute atomic E-state index is 0.0491. The lowest BCUT2D eigenvalue weighted by molar-refractivity contribution is -0.115. The molecule has 2 rings (SSSR count). The van der Waals surface area contributed by atoms with E-state index in [9.17, 15) is 4.79 Å². The van der Waals surface area contributed by atoms with Gasteiger partial charge in [0.05, 0.1) is 6.54 Å². The molecule has 0 aromatic heterocycles. The Bertz CT molecular complexity index is 670. The fourth-order valence-corrected chi connectivity index (χ4v) is 2.65. The largest absolute Gasteiger partial charge is 0.325 e. The average molecular weight is 331 g/mol. The number of anilines is 1. The van der Waals surface area contributed by atoms with Gasteiger partial charge in [-0.05, 0) is 42.2 Å². The molecule has 0 unspecified atom stereocenters. The van der Waals surface area contributed by atoms with E-state index in [4.69, 9.17) is 11.6 Å². The molecular formula is C19H23ClN2O. The highest BCUT2D eigenvalue weighted by molar-refractivity contribution is 6.30. The van der Waals surface area contributed by atoms with Crippen LogP contribution in [0.4, 0.5) is 5.69 Å². The number of carbonyl (C=O) groups excluding carboxylic acids is 1.